The Bertz CT molecular complexity index is 512. The molecular weight excluding hydrogens is 284 g/mol. The minimum atomic E-state index is -4.50. The first-order valence-electron chi connectivity index (χ1n) is 6.62. The van der Waals surface area contributed by atoms with Crippen LogP contribution in [0, 0.1) is 5.92 Å². The maximum atomic E-state index is 12.4. The van der Waals surface area contributed by atoms with E-state index in [9.17, 15) is 17.2 Å². The van der Waals surface area contributed by atoms with Crippen LogP contribution in [0.4, 0.5) is 14.5 Å². The standard InChI is InChI=1S/C14H21F2NO2S/c1-10(2)4-5-11(3)17-12-6-8-13(9-7-12)20(18,19)14(15)16/h6-11,14,17H,4-5H2,1-3H3. The molecule has 1 rings (SSSR count). The van der Waals surface area contributed by atoms with Crippen LogP contribution in [-0.2, 0) is 9.84 Å². The Morgan fingerprint density at radius 2 is 1.60 bits per heavy atom. The zero-order valence-electron chi connectivity index (χ0n) is 11.9. The fraction of sp³-hybridized carbons (Fsp3) is 0.571. The average Bonchev–Trinajstić information content (AvgIpc) is 2.37. The molecule has 1 aromatic rings. The molecule has 114 valence electrons. The molecule has 3 nitrogen and oxygen atoms in total. The van der Waals surface area contributed by atoms with Crippen LogP contribution < -0.4 is 5.32 Å². The summed E-state index contributed by atoms with van der Waals surface area (Å²) < 4.78 is 47.3. The SMILES string of the molecule is CC(C)CCC(C)Nc1ccc(S(=O)(=O)C(F)F)cc1. The van der Waals surface area contributed by atoms with Crippen molar-refractivity contribution >= 4 is 15.5 Å². The summed E-state index contributed by atoms with van der Waals surface area (Å²) >= 11 is 0. The topological polar surface area (TPSA) is 46.2 Å². The molecule has 0 spiro atoms. The van der Waals surface area contributed by atoms with Crippen molar-refractivity contribution in [1.82, 2.24) is 0 Å². The lowest BCUT2D eigenvalue weighted by Gasteiger charge is -2.16. The highest BCUT2D eigenvalue weighted by molar-refractivity contribution is 7.91. The van der Waals surface area contributed by atoms with E-state index in [0.717, 1.165) is 18.5 Å². The van der Waals surface area contributed by atoms with Crippen LogP contribution in [0.25, 0.3) is 0 Å². The van der Waals surface area contributed by atoms with Crippen LogP contribution >= 0.6 is 0 Å². The van der Waals surface area contributed by atoms with Gasteiger partial charge >= 0.3 is 5.76 Å². The van der Waals surface area contributed by atoms with Crippen molar-refractivity contribution in [3.05, 3.63) is 24.3 Å². The van der Waals surface area contributed by atoms with Crippen molar-refractivity contribution in [1.29, 1.82) is 0 Å². The second kappa shape index (κ2) is 7.02. The van der Waals surface area contributed by atoms with Gasteiger partial charge in [-0.25, -0.2) is 8.42 Å². The number of hydrogen-bond acceptors (Lipinski definition) is 3. The van der Waals surface area contributed by atoms with Crippen LogP contribution in [0.1, 0.15) is 33.6 Å². The van der Waals surface area contributed by atoms with Crippen molar-refractivity contribution in [2.75, 3.05) is 5.32 Å². The summed E-state index contributed by atoms with van der Waals surface area (Å²) in [5.74, 6) is -2.76. The summed E-state index contributed by atoms with van der Waals surface area (Å²) in [5, 5.41) is 3.22. The van der Waals surface area contributed by atoms with Crippen LogP contribution in [-0.4, -0.2) is 20.2 Å². The summed E-state index contributed by atoms with van der Waals surface area (Å²) in [6, 6.07) is 5.69. The largest absolute Gasteiger partial charge is 0.383 e. The lowest BCUT2D eigenvalue weighted by molar-refractivity contribution is 0.234. The number of anilines is 1. The van der Waals surface area contributed by atoms with Gasteiger partial charge < -0.3 is 5.32 Å². The molecule has 20 heavy (non-hydrogen) atoms. The van der Waals surface area contributed by atoms with Crippen LogP contribution in [0.5, 0.6) is 0 Å². The first kappa shape index (κ1) is 16.9. The molecule has 1 unspecified atom stereocenters. The first-order valence-corrected chi connectivity index (χ1v) is 8.16. The number of sulfone groups is 1. The third-order valence-electron chi connectivity index (χ3n) is 3.01. The monoisotopic (exact) mass is 305 g/mol. The fourth-order valence-corrected chi connectivity index (χ4v) is 2.50. The second-order valence-corrected chi connectivity index (χ2v) is 7.26. The predicted octanol–water partition coefficient (Wildman–Crippen LogP) is 3.92. The smallest absolute Gasteiger partial charge is 0.341 e. The van der Waals surface area contributed by atoms with E-state index in [2.05, 4.69) is 19.2 Å². The van der Waals surface area contributed by atoms with Gasteiger partial charge in [-0.1, -0.05) is 13.8 Å². The molecule has 6 heteroatoms. The molecule has 0 radical (unpaired) electrons. The Balaban J connectivity index is 2.68. The molecule has 0 aliphatic rings. The second-order valence-electron chi connectivity index (χ2n) is 5.35. The Hall–Kier alpha value is -1.17. The van der Waals surface area contributed by atoms with Crippen molar-refractivity contribution in [2.24, 2.45) is 5.92 Å². The summed E-state index contributed by atoms with van der Waals surface area (Å²) in [5.41, 5.74) is 0.731. The Labute approximate surface area is 119 Å². The van der Waals surface area contributed by atoms with E-state index in [-0.39, 0.29) is 10.9 Å². The van der Waals surface area contributed by atoms with E-state index < -0.39 is 15.6 Å². The molecular formula is C14H21F2NO2S. The van der Waals surface area contributed by atoms with E-state index in [0.29, 0.717) is 5.92 Å². The van der Waals surface area contributed by atoms with Gasteiger partial charge in [-0.15, -0.1) is 0 Å². The maximum absolute atomic E-state index is 12.4. The molecule has 0 heterocycles. The van der Waals surface area contributed by atoms with Gasteiger partial charge in [0, 0.05) is 11.7 Å². The molecule has 0 saturated heterocycles. The van der Waals surface area contributed by atoms with E-state index in [4.69, 9.17) is 0 Å². The van der Waals surface area contributed by atoms with Gasteiger partial charge in [0.15, 0.2) is 0 Å². The Kier molecular flexibility index (Phi) is 5.92. The predicted molar refractivity (Wildman–Crippen MR) is 76.8 cm³/mol. The van der Waals surface area contributed by atoms with Crippen molar-refractivity contribution < 1.29 is 17.2 Å². The number of rotatable bonds is 7. The van der Waals surface area contributed by atoms with E-state index in [1.807, 2.05) is 6.92 Å². The van der Waals surface area contributed by atoms with Gasteiger partial charge in [0.1, 0.15) is 0 Å². The van der Waals surface area contributed by atoms with Crippen LogP contribution in [0.2, 0.25) is 0 Å². The minimum Gasteiger partial charge on any atom is -0.383 e. The van der Waals surface area contributed by atoms with Crippen molar-refractivity contribution in [2.45, 2.75) is 50.3 Å². The maximum Gasteiger partial charge on any atom is 0.341 e. The first-order chi connectivity index (χ1) is 9.23. The van der Waals surface area contributed by atoms with Gasteiger partial charge in [-0.3, -0.25) is 0 Å². The van der Waals surface area contributed by atoms with Crippen LogP contribution in [0.3, 0.4) is 0 Å². The minimum absolute atomic E-state index is 0.245. The molecule has 0 aliphatic carbocycles. The lowest BCUT2D eigenvalue weighted by Crippen LogP contribution is -2.16. The molecule has 0 amide bonds. The number of halogens is 2. The lowest BCUT2D eigenvalue weighted by atomic mass is 10.0. The van der Waals surface area contributed by atoms with E-state index >= 15 is 0 Å². The quantitative estimate of drug-likeness (QED) is 0.830. The zero-order valence-corrected chi connectivity index (χ0v) is 12.8. The Morgan fingerprint density at radius 3 is 2.05 bits per heavy atom. The molecule has 1 aromatic carbocycles. The van der Waals surface area contributed by atoms with Gasteiger partial charge in [0.25, 0.3) is 0 Å². The Morgan fingerprint density at radius 1 is 1.05 bits per heavy atom. The number of benzene rings is 1. The molecule has 1 atom stereocenters. The zero-order chi connectivity index (χ0) is 15.3. The molecule has 0 saturated carbocycles. The van der Waals surface area contributed by atoms with Gasteiger partial charge in [-0.05, 0) is 49.9 Å². The molecule has 1 N–H and O–H groups in total. The summed E-state index contributed by atoms with van der Waals surface area (Å²) in [6.07, 6.45) is 2.08. The van der Waals surface area contributed by atoms with Crippen LogP contribution in [0.15, 0.2) is 29.2 Å². The van der Waals surface area contributed by atoms with Gasteiger partial charge in [-0.2, -0.15) is 8.78 Å². The van der Waals surface area contributed by atoms with Crippen molar-refractivity contribution in [3.8, 4) is 0 Å². The van der Waals surface area contributed by atoms with Crippen molar-refractivity contribution in [3.63, 3.8) is 0 Å². The highest BCUT2D eigenvalue weighted by atomic mass is 32.2. The third-order valence-corrected chi connectivity index (χ3v) is 4.41. The molecule has 0 fully saturated rings. The number of alkyl halides is 2. The summed E-state index contributed by atoms with van der Waals surface area (Å²) in [7, 11) is -4.50. The average molecular weight is 305 g/mol. The van der Waals surface area contributed by atoms with Gasteiger partial charge in [0.05, 0.1) is 4.90 Å². The molecule has 0 bridgehead atoms. The van der Waals surface area contributed by atoms with E-state index in [1.165, 1.54) is 24.3 Å². The number of hydrogen-bond donors (Lipinski definition) is 1. The van der Waals surface area contributed by atoms with Gasteiger partial charge in [0.2, 0.25) is 9.84 Å². The number of nitrogens with one attached hydrogen (secondary N) is 1. The fourth-order valence-electron chi connectivity index (χ4n) is 1.78. The molecule has 0 aliphatic heterocycles. The summed E-state index contributed by atoms with van der Waals surface area (Å²) in [6.45, 7) is 6.33. The highest BCUT2D eigenvalue weighted by Gasteiger charge is 2.26. The molecule has 0 aromatic heterocycles. The highest BCUT2D eigenvalue weighted by Crippen LogP contribution is 2.21. The normalized spacial score (nSPS) is 13.8. The van der Waals surface area contributed by atoms with E-state index in [1.54, 1.807) is 0 Å². The third kappa shape index (κ3) is 4.74. The summed E-state index contributed by atoms with van der Waals surface area (Å²) in [4.78, 5) is -0.354.